The predicted molar refractivity (Wildman–Crippen MR) is 83.6 cm³/mol. The third kappa shape index (κ3) is 2.56. The van der Waals surface area contributed by atoms with Gasteiger partial charge in [-0.1, -0.05) is 48.0 Å². The molecule has 1 unspecified atom stereocenters. The maximum atomic E-state index is 6.42. The minimum Gasteiger partial charge on any atom is -0.324 e. The molecule has 0 saturated heterocycles. The van der Waals surface area contributed by atoms with E-state index in [4.69, 9.17) is 5.73 Å². The first-order valence-electron chi connectivity index (χ1n) is 6.88. The van der Waals surface area contributed by atoms with Gasteiger partial charge in [0.1, 0.15) is 0 Å². The van der Waals surface area contributed by atoms with E-state index in [1.165, 1.54) is 16.5 Å². The molecule has 1 atom stereocenters. The Morgan fingerprint density at radius 2 is 1.95 bits per heavy atom. The van der Waals surface area contributed by atoms with Crippen molar-refractivity contribution in [2.24, 2.45) is 5.73 Å². The van der Waals surface area contributed by atoms with Gasteiger partial charge < -0.3 is 5.73 Å². The van der Waals surface area contributed by atoms with Crippen molar-refractivity contribution in [1.82, 2.24) is 4.98 Å². The molecule has 2 aromatic carbocycles. The van der Waals surface area contributed by atoms with Crippen molar-refractivity contribution in [3.63, 3.8) is 0 Å². The lowest BCUT2D eigenvalue weighted by atomic mass is 9.95. The SMILES string of the molecule is Cc1cccc(CC(N)c2cccc3ccncc23)c1. The first-order valence-corrected chi connectivity index (χ1v) is 6.88. The lowest BCUT2D eigenvalue weighted by molar-refractivity contribution is 0.727. The summed E-state index contributed by atoms with van der Waals surface area (Å²) in [5.74, 6) is 0. The number of hydrogen-bond donors (Lipinski definition) is 1. The van der Waals surface area contributed by atoms with Gasteiger partial charge in [0.2, 0.25) is 0 Å². The Balaban J connectivity index is 1.94. The van der Waals surface area contributed by atoms with Gasteiger partial charge in [0.25, 0.3) is 0 Å². The van der Waals surface area contributed by atoms with Gasteiger partial charge in [-0.2, -0.15) is 0 Å². The quantitative estimate of drug-likeness (QED) is 0.780. The van der Waals surface area contributed by atoms with Gasteiger partial charge in [0, 0.05) is 23.8 Å². The molecule has 2 N–H and O–H groups in total. The lowest BCUT2D eigenvalue weighted by Crippen LogP contribution is -2.13. The lowest BCUT2D eigenvalue weighted by Gasteiger charge is -2.15. The second-order valence-corrected chi connectivity index (χ2v) is 5.24. The molecule has 3 aromatic rings. The van der Waals surface area contributed by atoms with Gasteiger partial charge in [-0.25, -0.2) is 0 Å². The van der Waals surface area contributed by atoms with Crippen LogP contribution in [-0.2, 0) is 6.42 Å². The van der Waals surface area contributed by atoms with E-state index < -0.39 is 0 Å². The Morgan fingerprint density at radius 1 is 1.10 bits per heavy atom. The van der Waals surface area contributed by atoms with E-state index in [9.17, 15) is 0 Å². The summed E-state index contributed by atoms with van der Waals surface area (Å²) in [5.41, 5.74) is 10.1. The number of nitrogens with two attached hydrogens (primary N) is 1. The summed E-state index contributed by atoms with van der Waals surface area (Å²) in [6, 6.07) is 16.8. The van der Waals surface area contributed by atoms with Gasteiger partial charge in [-0.05, 0) is 35.9 Å². The summed E-state index contributed by atoms with van der Waals surface area (Å²) < 4.78 is 0. The summed E-state index contributed by atoms with van der Waals surface area (Å²) in [4.78, 5) is 4.22. The van der Waals surface area contributed by atoms with Crippen LogP contribution < -0.4 is 5.73 Å². The van der Waals surface area contributed by atoms with Crippen molar-refractivity contribution in [3.05, 3.63) is 77.6 Å². The average Bonchev–Trinajstić information content (AvgIpc) is 2.46. The number of benzene rings is 2. The molecule has 2 nitrogen and oxygen atoms in total. The zero-order valence-electron chi connectivity index (χ0n) is 11.6. The monoisotopic (exact) mass is 262 g/mol. The van der Waals surface area contributed by atoms with Crippen LogP contribution in [0.15, 0.2) is 60.9 Å². The van der Waals surface area contributed by atoms with Crippen LogP contribution in [0, 0.1) is 6.92 Å². The molecule has 20 heavy (non-hydrogen) atoms. The first kappa shape index (κ1) is 12.8. The highest BCUT2D eigenvalue weighted by atomic mass is 14.6. The molecule has 0 saturated carbocycles. The van der Waals surface area contributed by atoms with Gasteiger partial charge in [0.15, 0.2) is 0 Å². The van der Waals surface area contributed by atoms with Crippen LogP contribution in [-0.4, -0.2) is 4.98 Å². The van der Waals surface area contributed by atoms with Crippen LogP contribution >= 0.6 is 0 Å². The molecule has 100 valence electrons. The molecule has 0 aliphatic heterocycles. The summed E-state index contributed by atoms with van der Waals surface area (Å²) in [5, 5.41) is 2.34. The van der Waals surface area contributed by atoms with Crippen molar-refractivity contribution in [2.45, 2.75) is 19.4 Å². The number of aromatic nitrogens is 1. The van der Waals surface area contributed by atoms with Gasteiger partial charge in [0.05, 0.1) is 0 Å². The van der Waals surface area contributed by atoms with Crippen LogP contribution in [0.5, 0.6) is 0 Å². The third-order valence-electron chi connectivity index (χ3n) is 3.65. The summed E-state index contributed by atoms with van der Waals surface area (Å²) >= 11 is 0. The number of nitrogens with zero attached hydrogens (tertiary/aromatic N) is 1. The highest BCUT2D eigenvalue weighted by Crippen LogP contribution is 2.24. The zero-order valence-corrected chi connectivity index (χ0v) is 11.6. The van der Waals surface area contributed by atoms with E-state index in [1.807, 2.05) is 18.5 Å². The largest absolute Gasteiger partial charge is 0.324 e. The fourth-order valence-corrected chi connectivity index (χ4v) is 2.66. The highest BCUT2D eigenvalue weighted by Gasteiger charge is 2.10. The second kappa shape index (κ2) is 5.43. The Hall–Kier alpha value is -2.19. The fourth-order valence-electron chi connectivity index (χ4n) is 2.66. The Morgan fingerprint density at radius 3 is 2.80 bits per heavy atom. The molecular formula is C18H18N2. The maximum absolute atomic E-state index is 6.42. The van der Waals surface area contributed by atoms with Gasteiger partial charge in [-0.3, -0.25) is 4.98 Å². The van der Waals surface area contributed by atoms with Gasteiger partial charge in [-0.15, -0.1) is 0 Å². The third-order valence-corrected chi connectivity index (χ3v) is 3.65. The van der Waals surface area contributed by atoms with Crippen LogP contribution in [0.2, 0.25) is 0 Å². The number of rotatable bonds is 3. The minimum absolute atomic E-state index is 0.00954. The van der Waals surface area contributed by atoms with E-state index in [-0.39, 0.29) is 6.04 Å². The van der Waals surface area contributed by atoms with Crippen LogP contribution in [0.1, 0.15) is 22.7 Å². The van der Waals surface area contributed by atoms with Crippen molar-refractivity contribution >= 4 is 10.8 Å². The second-order valence-electron chi connectivity index (χ2n) is 5.24. The van der Waals surface area contributed by atoms with Crippen LogP contribution in [0.4, 0.5) is 0 Å². The summed E-state index contributed by atoms with van der Waals surface area (Å²) in [7, 11) is 0. The van der Waals surface area contributed by atoms with Crippen molar-refractivity contribution in [1.29, 1.82) is 0 Å². The minimum atomic E-state index is -0.00954. The van der Waals surface area contributed by atoms with Crippen LogP contribution in [0.3, 0.4) is 0 Å². The Kier molecular flexibility index (Phi) is 3.48. The first-order chi connectivity index (χ1) is 9.74. The summed E-state index contributed by atoms with van der Waals surface area (Å²) in [6.45, 7) is 2.11. The number of hydrogen-bond acceptors (Lipinski definition) is 2. The van der Waals surface area contributed by atoms with Crippen molar-refractivity contribution < 1.29 is 0 Å². The topological polar surface area (TPSA) is 38.9 Å². The molecule has 0 spiro atoms. The number of fused-ring (bicyclic) bond motifs is 1. The molecule has 0 aliphatic rings. The molecule has 3 rings (SSSR count). The van der Waals surface area contributed by atoms with E-state index in [0.29, 0.717) is 0 Å². The smallest absolute Gasteiger partial charge is 0.0349 e. The molecule has 0 aliphatic carbocycles. The zero-order chi connectivity index (χ0) is 13.9. The maximum Gasteiger partial charge on any atom is 0.0349 e. The highest BCUT2D eigenvalue weighted by molar-refractivity contribution is 5.85. The van der Waals surface area contributed by atoms with E-state index >= 15 is 0 Å². The van der Waals surface area contributed by atoms with Crippen molar-refractivity contribution in [2.75, 3.05) is 0 Å². The van der Waals surface area contributed by atoms with Crippen molar-refractivity contribution in [3.8, 4) is 0 Å². The number of aryl methyl sites for hydroxylation is 1. The standard InChI is InChI=1S/C18H18N2/c1-13-4-2-5-14(10-13)11-18(19)16-7-3-6-15-8-9-20-12-17(15)16/h2-10,12,18H,11,19H2,1H3. The number of pyridine rings is 1. The fraction of sp³-hybridized carbons (Fsp3) is 0.167. The molecule has 0 fully saturated rings. The molecular weight excluding hydrogens is 244 g/mol. The molecule has 2 heteroatoms. The summed E-state index contributed by atoms with van der Waals surface area (Å²) in [6.07, 6.45) is 4.56. The molecule has 0 amide bonds. The predicted octanol–water partition coefficient (Wildman–Crippen LogP) is 3.79. The van der Waals surface area contributed by atoms with Gasteiger partial charge >= 0.3 is 0 Å². The van der Waals surface area contributed by atoms with E-state index in [2.05, 4.69) is 54.4 Å². The molecule has 1 aromatic heterocycles. The van der Waals surface area contributed by atoms with E-state index in [0.717, 1.165) is 17.4 Å². The Labute approximate surface area is 119 Å². The van der Waals surface area contributed by atoms with E-state index in [1.54, 1.807) is 0 Å². The molecule has 0 bridgehead atoms. The van der Waals surface area contributed by atoms with Crippen LogP contribution in [0.25, 0.3) is 10.8 Å². The Bertz CT molecular complexity index is 729. The average molecular weight is 262 g/mol. The molecule has 1 heterocycles. The molecule has 0 radical (unpaired) electrons. The normalized spacial score (nSPS) is 12.5.